The van der Waals surface area contributed by atoms with E-state index in [1.807, 2.05) is 19.9 Å². The van der Waals surface area contributed by atoms with E-state index < -0.39 is 16.9 Å². The summed E-state index contributed by atoms with van der Waals surface area (Å²) in [5.41, 5.74) is 0.682. The Hall–Kier alpha value is -1.62. The molecule has 2 heterocycles. The Kier molecular flexibility index (Phi) is 2.35. The molecule has 5 heteroatoms. The Morgan fingerprint density at radius 3 is 2.71 bits per heavy atom. The van der Waals surface area contributed by atoms with E-state index in [2.05, 4.69) is 0 Å². The SMILES string of the molecule is C[C@]12C[C@H](O)C[C@@]3(C)C4=CC(=O)OCC4=C[C@H](OC1=O)[C@H]23. The summed E-state index contributed by atoms with van der Waals surface area (Å²) in [5.74, 6) is -0.638. The number of hydrogen-bond acceptors (Lipinski definition) is 5. The van der Waals surface area contributed by atoms with Crippen LogP contribution in [0.2, 0.25) is 0 Å². The van der Waals surface area contributed by atoms with Gasteiger partial charge in [-0.05, 0) is 37.0 Å². The highest BCUT2D eigenvalue weighted by molar-refractivity contribution is 5.87. The summed E-state index contributed by atoms with van der Waals surface area (Å²) in [5, 5.41) is 10.3. The monoisotopic (exact) mass is 290 g/mol. The molecule has 0 unspecified atom stereocenters. The summed E-state index contributed by atoms with van der Waals surface area (Å²) in [7, 11) is 0. The second kappa shape index (κ2) is 3.77. The normalized spacial score (nSPS) is 47.7. The van der Waals surface area contributed by atoms with Crippen LogP contribution in [0, 0.1) is 16.7 Å². The minimum absolute atomic E-state index is 0.0400. The fourth-order valence-corrected chi connectivity index (χ4v) is 5.02. The van der Waals surface area contributed by atoms with E-state index in [-0.39, 0.29) is 30.6 Å². The molecule has 0 spiro atoms. The van der Waals surface area contributed by atoms with Crippen LogP contribution in [0.5, 0.6) is 0 Å². The highest BCUT2D eigenvalue weighted by Gasteiger charge is 2.66. The number of ether oxygens (including phenoxy) is 2. The van der Waals surface area contributed by atoms with Crippen molar-refractivity contribution < 1.29 is 24.2 Å². The molecular weight excluding hydrogens is 272 g/mol. The molecule has 2 fully saturated rings. The van der Waals surface area contributed by atoms with Crippen molar-refractivity contribution in [3.8, 4) is 0 Å². The Morgan fingerprint density at radius 1 is 1.24 bits per heavy atom. The van der Waals surface area contributed by atoms with Gasteiger partial charge in [0.2, 0.25) is 0 Å². The molecule has 5 nitrogen and oxygen atoms in total. The zero-order valence-electron chi connectivity index (χ0n) is 12.1. The number of carbonyl (C=O) groups excluding carboxylic acids is 2. The smallest absolute Gasteiger partial charge is 0.331 e. The van der Waals surface area contributed by atoms with Crippen LogP contribution in [-0.2, 0) is 19.1 Å². The molecule has 112 valence electrons. The topological polar surface area (TPSA) is 72.8 Å². The van der Waals surface area contributed by atoms with Gasteiger partial charge in [0.05, 0.1) is 11.5 Å². The number of hydrogen-bond donors (Lipinski definition) is 1. The van der Waals surface area contributed by atoms with Gasteiger partial charge in [-0.1, -0.05) is 6.92 Å². The van der Waals surface area contributed by atoms with Gasteiger partial charge in [-0.2, -0.15) is 0 Å². The van der Waals surface area contributed by atoms with Gasteiger partial charge in [0.25, 0.3) is 0 Å². The predicted octanol–water partition coefficient (Wildman–Crippen LogP) is 1.12. The van der Waals surface area contributed by atoms with Crippen LogP contribution in [0.15, 0.2) is 23.3 Å². The standard InChI is InChI=1S/C16H18O5/c1-15-5-9(17)6-16(2)13(15)11(21-14(16)19)3-8-7-20-12(18)4-10(8)15/h3-4,9,11,13,17H,5-7H2,1-2H3/t9-,11+,13+,15+,16-/m1/s1. The molecular formula is C16H18O5. The Bertz CT molecular complexity index is 618. The lowest BCUT2D eigenvalue weighted by atomic mass is 9.49. The third kappa shape index (κ3) is 1.50. The highest BCUT2D eigenvalue weighted by Crippen LogP contribution is 2.63. The summed E-state index contributed by atoms with van der Waals surface area (Å²) in [4.78, 5) is 24.0. The lowest BCUT2D eigenvalue weighted by Gasteiger charge is -2.53. The van der Waals surface area contributed by atoms with E-state index in [1.54, 1.807) is 0 Å². The van der Waals surface area contributed by atoms with Gasteiger partial charge in [0, 0.05) is 17.4 Å². The molecule has 1 N–H and O–H groups in total. The molecule has 0 aromatic carbocycles. The van der Waals surface area contributed by atoms with Crippen LogP contribution in [0.4, 0.5) is 0 Å². The van der Waals surface area contributed by atoms with Crippen LogP contribution < -0.4 is 0 Å². The van der Waals surface area contributed by atoms with Crippen molar-refractivity contribution in [2.75, 3.05) is 6.61 Å². The second-order valence-corrected chi connectivity index (χ2v) is 7.10. The van der Waals surface area contributed by atoms with E-state index in [4.69, 9.17) is 9.47 Å². The first-order chi connectivity index (χ1) is 9.84. The second-order valence-electron chi connectivity index (χ2n) is 7.10. The third-order valence-electron chi connectivity index (χ3n) is 5.69. The van der Waals surface area contributed by atoms with Crippen molar-refractivity contribution in [1.82, 2.24) is 0 Å². The summed E-state index contributed by atoms with van der Waals surface area (Å²) < 4.78 is 10.6. The molecule has 1 saturated heterocycles. The van der Waals surface area contributed by atoms with Crippen LogP contribution in [0.25, 0.3) is 0 Å². The van der Waals surface area contributed by atoms with Gasteiger partial charge in [-0.25, -0.2) is 4.79 Å². The van der Waals surface area contributed by atoms with Gasteiger partial charge in [-0.3, -0.25) is 4.79 Å². The molecule has 4 aliphatic rings. The minimum atomic E-state index is -0.693. The lowest BCUT2D eigenvalue weighted by Crippen LogP contribution is -2.54. The summed E-state index contributed by atoms with van der Waals surface area (Å²) in [6.45, 7) is 4.12. The largest absolute Gasteiger partial charge is 0.458 e. The van der Waals surface area contributed by atoms with Crippen molar-refractivity contribution in [3.05, 3.63) is 23.3 Å². The van der Waals surface area contributed by atoms with Crippen molar-refractivity contribution in [2.24, 2.45) is 16.7 Å². The lowest BCUT2D eigenvalue weighted by molar-refractivity contribution is -0.150. The van der Waals surface area contributed by atoms with Crippen LogP contribution in [0.3, 0.4) is 0 Å². The zero-order valence-corrected chi connectivity index (χ0v) is 12.1. The predicted molar refractivity (Wildman–Crippen MR) is 71.9 cm³/mol. The first-order valence-electron chi connectivity index (χ1n) is 7.34. The van der Waals surface area contributed by atoms with E-state index in [1.165, 1.54) is 6.08 Å². The Balaban J connectivity index is 1.94. The van der Waals surface area contributed by atoms with Crippen molar-refractivity contribution >= 4 is 11.9 Å². The van der Waals surface area contributed by atoms with Gasteiger partial charge < -0.3 is 14.6 Å². The number of carbonyl (C=O) groups is 2. The van der Waals surface area contributed by atoms with Gasteiger partial charge in [0.1, 0.15) is 12.7 Å². The molecule has 1 saturated carbocycles. The maximum atomic E-state index is 12.4. The van der Waals surface area contributed by atoms with Crippen LogP contribution in [0.1, 0.15) is 26.7 Å². The molecule has 0 aromatic heterocycles. The third-order valence-corrected chi connectivity index (χ3v) is 5.69. The van der Waals surface area contributed by atoms with Crippen molar-refractivity contribution in [1.29, 1.82) is 0 Å². The molecule has 0 amide bonds. The zero-order chi connectivity index (χ0) is 15.0. The summed E-state index contributed by atoms with van der Waals surface area (Å²) in [6.07, 6.45) is 3.54. The molecule has 2 aliphatic heterocycles. The van der Waals surface area contributed by atoms with E-state index in [9.17, 15) is 14.7 Å². The number of cyclic esters (lactones) is 1. The highest BCUT2D eigenvalue weighted by atomic mass is 16.6. The van der Waals surface area contributed by atoms with Gasteiger partial charge >= 0.3 is 11.9 Å². The molecule has 5 atom stereocenters. The number of esters is 2. The average Bonchev–Trinajstić information content (AvgIpc) is 2.62. The van der Waals surface area contributed by atoms with Crippen LogP contribution in [-0.4, -0.2) is 35.9 Å². The fraction of sp³-hybridized carbons (Fsp3) is 0.625. The molecule has 0 bridgehead atoms. The molecule has 2 aliphatic carbocycles. The first kappa shape index (κ1) is 13.1. The summed E-state index contributed by atoms with van der Waals surface area (Å²) in [6, 6.07) is 0. The fourth-order valence-electron chi connectivity index (χ4n) is 5.02. The van der Waals surface area contributed by atoms with E-state index >= 15 is 0 Å². The number of rotatable bonds is 0. The maximum Gasteiger partial charge on any atom is 0.331 e. The summed E-state index contributed by atoms with van der Waals surface area (Å²) >= 11 is 0. The number of fused-ring (bicyclic) bond motifs is 2. The molecule has 0 aromatic rings. The first-order valence-corrected chi connectivity index (χ1v) is 7.34. The van der Waals surface area contributed by atoms with Crippen molar-refractivity contribution in [2.45, 2.75) is 38.9 Å². The minimum Gasteiger partial charge on any atom is -0.458 e. The maximum absolute atomic E-state index is 12.4. The quantitative estimate of drug-likeness (QED) is 0.677. The number of aliphatic hydroxyl groups is 1. The molecule has 0 radical (unpaired) electrons. The number of aliphatic hydroxyl groups excluding tert-OH is 1. The van der Waals surface area contributed by atoms with Crippen LogP contribution >= 0.6 is 0 Å². The van der Waals surface area contributed by atoms with Gasteiger partial charge in [0.15, 0.2) is 0 Å². The van der Waals surface area contributed by atoms with Gasteiger partial charge in [-0.15, -0.1) is 0 Å². The Morgan fingerprint density at radius 2 is 1.95 bits per heavy atom. The molecule has 4 rings (SSSR count). The van der Waals surface area contributed by atoms with E-state index in [0.29, 0.717) is 12.8 Å². The van der Waals surface area contributed by atoms with E-state index in [0.717, 1.165) is 11.1 Å². The Labute approximate surface area is 122 Å². The average molecular weight is 290 g/mol. The molecule has 21 heavy (non-hydrogen) atoms. The van der Waals surface area contributed by atoms with Crippen molar-refractivity contribution in [3.63, 3.8) is 0 Å².